The number of anilines is 1. The van der Waals surface area contributed by atoms with Gasteiger partial charge in [0.1, 0.15) is 11.6 Å². The van der Waals surface area contributed by atoms with Gasteiger partial charge in [0.05, 0.1) is 0 Å². The minimum absolute atomic E-state index is 0.120. The van der Waals surface area contributed by atoms with Crippen molar-refractivity contribution in [1.82, 2.24) is 15.2 Å². The van der Waals surface area contributed by atoms with Crippen molar-refractivity contribution >= 4 is 23.5 Å². The maximum absolute atomic E-state index is 13.3. The van der Waals surface area contributed by atoms with Crippen molar-refractivity contribution in [2.75, 3.05) is 5.32 Å². The van der Waals surface area contributed by atoms with E-state index in [4.69, 9.17) is 4.42 Å². The number of aryl methyl sites for hydroxylation is 1. The lowest BCUT2D eigenvalue weighted by atomic mass is 10.1. The third-order valence-electron chi connectivity index (χ3n) is 4.42. The van der Waals surface area contributed by atoms with E-state index in [2.05, 4.69) is 20.5 Å². The van der Waals surface area contributed by atoms with Crippen molar-refractivity contribution in [3.05, 3.63) is 89.9 Å². The Labute approximate surface area is 182 Å². The second-order valence-electron chi connectivity index (χ2n) is 6.76. The van der Waals surface area contributed by atoms with Crippen LogP contribution in [-0.2, 0) is 17.0 Å². The summed E-state index contributed by atoms with van der Waals surface area (Å²) < 4.78 is 19.0. The number of carbonyl (C=O) groups excluding carboxylic acids is 1. The SMILES string of the molecule is O=C(CCc1ccccc1)Nc1cc(-c2nnc(SCc3cccc(F)c3)o2)ccn1. The molecule has 0 fully saturated rings. The molecule has 6 nitrogen and oxygen atoms in total. The molecule has 0 bridgehead atoms. The molecule has 2 aromatic carbocycles. The Balaban J connectivity index is 1.35. The molecule has 0 spiro atoms. The predicted molar refractivity (Wildman–Crippen MR) is 117 cm³/mol. The molecule has 0 aliphatic heterocycles. The molecule has 0 atom stereocenters. The lowest BCUT2D eigenvalue weighted by Gasteiger charge is -2.05. The molecule has 1 amide bonds. The Morgan fingerprint density at radius 3 is 2.68 bits per heavy atom. The van der Waals surface area contributed by atoms with Crippen molar-refractivity contribution < 1.29 is 13.6 Å². The van der Waals surface area contributed by atoms with Gasteiger partial charge in [0, 0.05) is 23.9 Å². The molecule has 0 aliphatic rings. The van der Waals surface area contributed by atoms with Gasteiger partial charge in [0.2, 0.25) is 11.8 Å². The fraction of sp³-hybridized carbons (Fsp3) is 0.130. The predicted octanol–water partition coefficient (Wildman–Crippen LogP) is 5.13. The summed E-state index contributed by atoms with van der Waals surface area (Å²) in [7, 11) is 0. The second kappa shape index (κ2) is 9.99. The van der Waals surface area contributed by atoms with Crippen LogP contribution in [-0.4, -0.2) is 21.1 Å². The summed E-state index contributed by atoms with van der Waals surface area (Å²) in [6.07, 6.45) is 2.59. The molecular formula is C23H19FN4O2S. The first-order valence-electron chi connectivity index (χ1n) is 9.67. The number of halogens is 1. The number of thioether (sulfide) groups is 1. The lowest BCUT2D eigenvalue weighted by molar-refractivity contribution is -0.116. The Bertz CT molecular complexity index is 1170. The summed E-state index contributed by atoms with van der Waals surface area (Å²) in [5, 5.41) is 11.3. The third-order valence-corrected chi connectivity index (χ3v) is 5.31. The highest BCUT2D eigenvalue weighted by Crippen LogP contribution is 2.26. The van der Waals surface area contributed by atoms with Gasteiger partial charge in [-0.05, 0) is 41.8 Å². The van der Waals surface area contributed by atoms with Crippen LogP contribution in [0.3, 0.4) is 0 Å². The van der Waals surface area contributed by atoms with Gasteiger partial charge in [-0.2, -0.15) is 0 Å². The normalized spacial score (nSPS) is 10.7. The molecule has 0 aliphatic carbocycles. The Morgan fingerprint density at radius 1 is 1.00 bits per heavy atom. The molecule has 8 heteroatoms. The summed E-state index contributed by atoms with van der Waals surface area (Å²) >= 11 is 1.32. The Hall–Kier alpha value is -3.52. The Morgan fingerprint density at radius 2 is 1.84 bits per heavy atom. The first-order chi connectivity index (χ1) is 15.2. The smallest absolute Gasteiger partial charge is 0.277 e. The van der Waals surface area contributed by atoms with Crippen molar-refractivity contribution in [1.29, 1.82) is 0 Å². The quantitative estimate of drug-likeness (QED) is 0.387. The number of aromatic nitrogens is 3. The van der Waals surface area contributed by atoms with Crippen molar-refractivity contribution in [2.45, 2.75) is 23.8 Å². The molecule has 0 radical (unpaired) electrons. The molecule has 31 heavy (non-hydrogen) atoms. The molecule has 2 heterocycles. The minimum Gasteiger partial charge on any atom is -0.411 e. The number of rotatable bonds is 8. The minimum atomic E-state index is -0.278. The molecule has 2 aromatic heterocycles. The number of nitrogens with one attached hydrogen (secondary N) is 1. The van der Waals surface area contributed by atoms with E-state index in [0.29, 0.717) is 41.1 Å². The highest BCUT2D eigenvalue weighted by atomic mass is 32.2. The Kier molecular flexibility index (Phi) is 6.68. The fourth-order valence-corrected chi connectivity index (χ4v) is 3.60. The molecule has 4 aromatic rings. The summed E-state index contributed by atoms with van der Waals surface area (Å²) in [5.74, 6) is 0.856. The van der Waals surface area contributed by atoms with Crippen molar-refractivity contribution in [3.63, 3.8) is 0 Å². The molecule has 0 saturated heterocycles. The monoisotopic (exact) mass is 434 g/mol. The van der Waals surface area contributed by atoms with E-state index >= 15 is 0 Å². The van der Waals surface area contributed by atoms with E-state index in [1.807, 2.05) is 36.4 Å². The van der Waals surface area contributed by atoms with Gasteiger partial charge in [-0.15, -0.1) is 10.2 Å². The van der Waals surface area contributed by atoms with Crippen LogP contribution in [0.5, 0.6) is 0 Å². The zero-order valence-electron chi connectivity index (χ0n) is 16.5. The van der Waals surface area contributed by atoms with Crippen LogP contribution in [0.2, 0.25) is 0 Å². The van der Waals surface area contributed by atoms with Crippen LogP contribution < -0.4 is 5.32 Å². The van der Waals surface area contributed by atoms with Gasteiger partial charge in [-0.3, -0.25) is 4.79 Å². The number of carbonyl (C=O) groups is 1. The van der Waals surface area contributed by atoms with Crippen LogP contribution >= 0.6 is 11.8 Å². The molecule has 156 valence electrons. The molecule has 4 rings (SSSR count). The summed E-state index contributed by atoms with van der Waals surface area (Å²) in [6.45, 7) is 0. The first kappa shape index (κ1) is 20.7. The summed E-state index contributed by atoms with van der Waals surface area (Å²) in [6, 6.07) is 19.6. The third kappa shape index (κ3) is 5.99. The van der Waals surface area contributed by atoms with Gasteiger partial charge < -0.3 is 9.73 Å². The van der Waals surface area contributed by atoms with Crippen molar-refractivity contribution in [3.8, 4) is 11.5 Å². The van der Waals surface area contributed by atoms with E-state index in [0.717, 1.165) is 11.1 Å². The van der Waals surface area contributed by atoms with Gasteiger partial charge in [-0.25, -0.2) is 9.37 Å². The highest BCUT2D eigenvalue weighted by Gasteiger charge is 2.12. The number of hydrogen-bond donors (Lipinski definition) is 1. The maximum Gasteiger partial charge on any atom is 0.277 e. The number of pyridine rings is 1. The molecule has 1 N–H and O–H groups in total. The van der Waals surface area contributed by atoms with Crippen LogP contribution in [0.1, 0.15) is 17.5 Å². The van der Waals surface area contributed by atoms with Crippen LogP contribution in [0, 0.1) is 5.82 Å². The van der Waals surface area contributed by atoms with E-state index < -0.39 is 0 Å². The summed E-state index contributed by atoms with van der Waals surface area (Å²) in [5.41, 5.74) is 2.58. The molecule has 0 saturated carbocycles. The summed E-state index contributed by atoms with van der Waals surface area (Å²) in [4.78, 5) is 16.4. The number of nitrogens with zero attached hydrogens (tertiary/aromatic N) is 3. The van der Waals surface area contributed by atoms with E-state index in [-0.39, 0.29) is 11.7 Å². The van der Waals surface area contributed by atoms with Crippen LogP contribution in [0.4, 0.5) is 10.2 Å². The van der Waals surface area contributed by atoms with Crippen molar-refractivity contribution in [2.24, 2.45) is 0 Å². The van der Waals surface area contributed by atoms with Crippen LogP contribution in [0.15, 0.2) is 82.6 Å². The van der Waals surface area contributed by atoms with Gasteiger partial charge in [-0.1, -0.05) is 54.2 Å². The highest BCUT2D eigenvalue weighted by molar-refractivity contribution is 7.98. The fourth-order valence-electron chi connectivity index (χ4n) is 2.90. The average Bonchev–Trinajstić information content (AvgIpc) is 3.27. The van der Waals surface area contributed by atoms with E-state index in [1.165, 1.54) is 23.9 Å². The second-order valence-corrected chi connectivity index (χ2v) is 7.68. The largest absolute Gasteiger partial charge is 0.411 e. The van der Waals surface area contributed by atoms with Gasteiger partial charge in [0.25, 0.3) is 5.22 Å². The zero-order valence-corrected chi connectivity index (χ0v) is 17.3. The number of benzene rings is 2. The topological polar surface area (TPSA) is 80.9 Å². The maximum atomic E-state index is 13.3. The van der Waals surface area contributed by atoms with Gasteiger partial charge >= 0.3 is 0 Å². The molecule has 0 unspecified atom stereocenters. The van der Waals surface area contributed by atoms with Crippen LogP contribution in [0.25, 0.3) is 11.5 Å². The first-order valence-corrected chi connectivity index (χ1v) is 10.7. The molecular weight excluding hydrogens is 415 g/mol. The zero-order chi connectivity index (χ0) is 21.5. The number of hydrogen-bond acceptors (Lipinski definition) is 6. The van der Waals surface area contributed by atoms with E-state index in [9.17, 15) is 9.18 Å². The van der Waals surface area contributed by atoms with E-state index in [1.54, 1.807) is 24.4 Å². The standard InChI is InChI=1S/C23H19FN4O2S/c24-19-8-4-7-17(13-19)15-31-23-28-27-22(30-23)18-11-12-25-20(14-18)26-21(29)10-9-16-5-2-1-3-6-16/h1-8,11-14H,9-10,15H2,(H,25,26,29). The average molecular weight is 434 g/mol. The lowest BCUT2D eigenvalue weighted by Crippen LogP contribution is -2.13. The number of amides is 1. The van der Waals surface area contributed by atoms with Gasteiger partial charge in [0.15, 0.2) is 0 Å².